The molecule has 0 heterocycles. The molecule has 1 aromatic rings. The second-order valence-corrected chi connectivity index (χ2v) is 6.48. The Balaban J connectivity index is 2.91. The number of carboxylic acid groups (broad SMARTS) is 1. The number of carboxylic acids is 1. The van der Waals surface area contributed by atoms with Gasteiger partial charge in [-0.25, -0.2) is 4.79 Å². The third kappa shape index (κ3) is 4.33. The van der Waals surface area contributed by atoms with Crippen LogP contribution in [-0.4, -0.2) is 17.7 Å². The van der Waals surface area contributed by atoms with E-state index in [0.29, 0.717) is 12.4 Å². The van der Waals surface area contributed by atoms with Crippen molar-refractivity contribution in [1.29, 1.82) is 0 Å². The fraction of sp³-hybridized carbons (Fsp3) is 0.500. The lowest BCUT2D eigenvalue weighted by molar-refractivity contribution is 0.0691. The van der Waals surface area contributed by atoms with Gasteiger partial charge in [0.1, 0.15) is 11.3 Å². The molecule has 0 aromatic heterocycles. The second kappa shape index (κ2) is 5.74. The molecule has 4 heteroatoms. The molecule has 0 amide bonds. The van der Waals surface area contributed by atoms with Crippen LogP contribution in [0, 0.1) is 12.3 Å². The van der Waals surface area contributed by atoms with Crippen molar-refractivity contribution in [3.05, 3.63) is 27.7 Å². The SMILES string of the molecule is Cc1cc(Br)cc(C(=O)O)c1OCCC(C)(C)C. The largest absolute Gasteiger partial charge is 0.492 e. The van der Waals surface area contributed by atoms with E-state index in [-0.39, 0.29) is 11.0 Å². The number of ether oxygens (including phenoxy) is 1. The highest BCUT2D eigenvalue weighted by molar-refractivity contribution is 9.10. The quantitative estimate of drug-likeness (QED) is 0.902. The van der Waals surface area contributed by atoms with Crippen LogP contribution in [0.15, 0.2) is 16.6 Å². The summed E-state index contributed by atoms with van der Waals surface area (Å²) in [6.45, 7) is 8.75. The van der Waals surface area contributed by atoms with E-state index in [9.17, 15) is 9.90 Å². The Morgan fingerprint density at radius 3 is 2.50 bits per heavy atom. The molecule has 0 saturated heterocycles. The van der Waals surface area contributed by atoms with Crippen LogP contribution in [0.1, 0.15) is 43.1 Å². The minimum Gasteiger partial charge on any atom is -0.492 e. The summed E-state index contributed by atoms with van der Waals surface area (Å²) < 4.78 is 6.41. The average Bonchev–Trinajstić information content (AvgIpc) is 2.18. The normalized spacial score (nSPS) is 11.4. The molecule has 0 aliphatic rings. The number of benzene rings is 1. The molecule has 0 aliphatic carbocycles. The highest BCUT2D eigenvalue weighted by Crippen LogP contribution is 2.29. The second-order valence-electron chi connectivity index (χ2n) is 5.56. The van der Waals surface area contributed by atoms with E-state index in [4.69, 9.17) is 4.74 Å². The van der Waals surface area contributed by atoms with Crippen LogP contribution in [0.5, 0.6) is 5.75 Å². The molecule has 1 N–H and O–H groups in total. The van der Waals surface area contributed by atoms with Gasteiger partial charge in [0.25, 0.3) is 0 Å². The molecular formula is C14H19BrO3. The molecule has 0 saturated carbocycles. The van der Waals surface area contributed by atoms with Gasteiger partial charge in [0.2, 0.25) is 0 Å². The molecule has 18 heavy (non-hydrogen) atoms. The lowest BCUT2D eigenvalue weighted by Crippen LogP contribution is -2.13. The molecule has 3 nitrogen and oxygen atoms in total. The first kappa shape index (κ1) is 15.0. The predicted octanol–water partition coefficient (Wildman–Crippen LogP) is 4.27. The molecule has 1 aromatic carbocycles. The highest BCUT2D eigenvalue weighted by Gasteiger charge is 2.16. The first-order valence-electron chi connectivity index (χ1n) is 5.87. The lowest BCUT2D eigenvalue weighted by atomic mass is 9.93. The topological polar surface area (TPSA) is 46.5 Å². The molecule has 0 atom stereocenters. The van der Waals surface area contributed by atoms with Crippen LogP contribution in [0.2, 0.25) is 0 Å². The zero-order valence-electron chi connectivity index (χ0n) is 11.2. The molecule has 0 bridgehead atoms. The van der Waals surface area contributed by atoms with Gasteiger partial charge in [0, 0.05) is 4.47 Å². The molecule has 1 rings (SSSR count). The van der Waals surface area contributed by atoms with Crippen molar-refractivity contribution in [3.63, 3.8) is 0 Å². The zero-order valence-corrected chi connectivity index (χ0v) is 12.8. The minimum absolute atomic E-state index is 0.173. The first-order chi connectivity index (χ1) is 8.20. The van der Waals surface area contributed by atoms with Gasteiger partial charge in [-0.1, -0.05) is 36.7 Å². The summed E-state index contributed by atoms with van der Waals surface area (Å²) >= 11 is 3.30. The summed E-state index contributed by atoms with van der Waals surface area (Å²) in [6.07, 6.45) is 0.877. The Morgan fingerprint density at radius 2 is 2.00 bits per heavy atom. The van der Waals surface area contributed by atoms with Gasteiger partial charge in [-0.2, -0.15) is 0 Å². The van der Waals surface area contributed by atoms with Crippen LogP contribution in [-0.2, 0) is 0 Å². The van der Waals surface area contributed by atoms with Crippen molar-refractivity contribution in [2.75, 3.05) is 6.61 Å². The van der Waals surface area contributed by atoms with Gasteiger partial charge < -0.3 is 9.84 Å². The Bertz CT molecular complexity index is 447. The first-order valence-corrected chi connectivity index (χ1v) is 6.66. The average molecular weight is 315 g/mol. The van der Waals surface area contributed by atoms with Crippen LogP contribution < -0.4 is 4.74 Å². The number of hydrogen-bond acceptors (Lipinski definition) is 2. The number of hydrogen-bond donors (Lipinski definition) is 1. The smallest absolute Gasteiger partial charge is 0.339 e. The van der Waals surface area contributed by atoms with Crippen LogP contribution in [0.3, 0.4) is 0 Å². The van der Waals surface area contributed by atoms with E-state index in [2.05, 4.69) is 36.7 Å². The van der Waals surface area contributed by atoms with E-state index in [1.807, 2.05) is 13.0 Å². The Hall–Kier alpha value is -1.03. The summed E-state index contributed by atoms with van der Waals surface area (Å²) in [7, 11) is 0. The third-order valence-electron chi connectivity index (χ3n) is 2.57. The van der Waals surface area contributed by atoms with Gasteiger partial charge in [0.15, 0.2) is 0 Å². The van der Waals surface area contributed by atoms with Gasteiger partial charge in [-0.3, -0.25) is 0 Å². The minimum atomic E-state index is -0.967. The molecule has 0 radical (unpaired) electrons. The maximum atomic E-state index is 11.2. The number of halogens is 1. The van der Waals surface area contributed by atoms with Gasteiger partial charge in [-0.05, 0) is 36.5 Å². The third-order valence-corrected chi connectivity index (χ3v) is 3.03. The summed E-state index contributed by atoms with van der Waals surface area (Å²) in [5, 5.41) is 9.17. The van der Waals surface area contributed by atoms with Gasteiger partial charge in [-0.15, -0.1) is 0 Å². The monoisotopic (exact) mass is 314 g/mol. The molecule has 0 unspecified atom stereocenters. The van der Waals surface area contributed by atoms with E-state index >= 15 is 0 Å². The van der Waals surface area contributed by atoms with Crippen LogP contribution in [0.4, 0.5) is 0 Å². The standard InChI is InChI=1S/C14H19BrO3/c1-9-7-10(15)8-11(13(16)17)12(9)18-6-5-14(2,3)4/h7-8H,5-6H2,1-4H3,(H,16,17). The Morgan fingerprint density at radius 1 is 1.39 bits per heavy atom. The van der Waals surface area contributed by atoms with Gasteiger partial charge in [0.05, 0.1) is 6.61 Å². The van der Waals surface area contributed by atoms with Crippen molar-refractivity contribution in [3.8, 4) is 5.75 Å². The molecule has 0 spiro atoms. The number of rotatable bonds is 4. The summed E-state index contributed by atoms with van der Waals surface area (Å²) in [5.74, 6) is -0.500. The molecular weight excluding hydrogens is 296 g/mol. The summed E-state index contributed by atoms with van der Waals surface area (Å²) in [4.78, 5) is 11.2. The lowest BCUT2D eigenvalue weighted by Gasteiger charge is -2.19. The maximum Gasteiger partial charge on any atom is 0.339 e. The highest BCUT2D eigenvalue weighted by atomic mass is 79.9. The van der Waals surface area contributed by atoms with Crippen molar-refractivity contribution >= 4 is 21.9 Å². The van der Waals surface area contributed by atoms with Gasteiger partial charge >= 0.3 is 5.97 Å². The van der Waals surface area contributed by atoms with E-state index in [1.54, 1.807) is 6.07 Å². The number of aryl methyl sites for hydroxylation is 1. The van der Waals surface area contributed by atoms with Crippen molar-refractivity contribution in [1.82, 2.24) is 0 Å². The fourth-order valence-corrected chi connectivity index (χ4v) is 2.11. The summed E-state index contributed by atoms with van der Waals surface area (Å²) in [5.41, 5.74) is 1.21. The maximum absolute atomic E-state index is 11.2. The fourth-order valence-electron chi connectivity index (χ4n) is 1.54. The summed E-state index contributed by atoms with van der Waals surface area (Å²) in [6, 6.07) is 3.43. The zero-order chi connectivity index (χ0) is 13.9. The number of carbonyl (C=O) groups is 1. The Kier molecular flexibility index (Phi) is 4.79. The van der Waals surface area contributed by atoms with Crippen molar-refractivity contribution < 1.29 is 14.6 Å². The van der Waals surface area contributed by atoms with Crippen LogP contribution >= 0.6 is 15.9 Å². The molecule has 0 fully saturated rings. The van der Waals surface area contributed by atoms with Crippen molar-refractivity contribution in [2.45, 2.75) is 34.1 Å². The number of aromatic carboxylic acids is 1. The molecule has 0 aliphatic heterocycles. The van der Waals surface area contributed by atoms with Crippen molar-refractivity contribution in [2.24, 2.45) is 5.41 Å². The van der Waals surface area contributed by atoms with E-state index in [0.717, 1.165) is 16.5 Å². The predicted molar refractivity (Wildman–Crippen MR) is 75.4 cm³/mol. The molecule has 100 valence electrons. The Labute approximate surface area is 116 Å². The van der Waals surface area contributed by atoms with Crippen LogP contribution in [0.25, 0.3) is 0 Å². The van der Waals surface area contributed by atoms with E-state index in [1.165, 1.54) is 0 Å². The van der Waals surface area contributed by atoms with E-state index < -0.39 is 5.97 Å².